The molecule has 3 rings (SSSR count). The summed E-state index contributed by atoms with van der Waals surface area (Å²) in [5.41, 5.74) is 1.39. The molecule has 2 aromatic carbocycles. The molecule has 0 unspecified atom stereocenters. The molecule has 37 heavy (non-hydrogen) atoms. The van der Waals surface area contributed by atoms with Crippen molar-refractivity contribution < 1.29 is 24.1 Å². The number of nitrogens with zero attached hydrogens (tertiary/aromatic N) is 2. The highest BCUT2D eigenvalue weighted by Gasteiger charge is 2.13. The molecule has 0 atom stereocenters. The third kappa shape index (κ3) is 8.51. The van der Waals surface area contributed by atoms with E-state index >= 15 is 0 Å². The van der Waals surface area contributed by atoms with Crippen molar-refractivity contribution in [3.63, 3.8) is 0 Å². The van der Waals surface area contributed by atoms with Gasteiger partial charge in [0.2, 0.25) is 0 Å². The molecule has 0 saturated heterocycles. The largest absolute Gasteiger partial charge is 0.493 e. The van der Waals surface area contributed by atoms with Crippen molar-refractivity contribution in [3.05, 3.63) is 48.7 Å². The van der Waals surface area contributed by atoms with Crippen molar-refractivity contribution in [3.8, 4) is 23.0 Å². The van der Waals surface area contributed by atoms with Crippen molar-refractivity contribution in [2.75, 3.05) is 51.8 Å². The van der Waals surface area contributed by atoms with Gasteiger partial charge in [-0.15, -0.1) is 0 Å². The molecule has 0 saturated carbocycles. The minimum atomic E-state index is -0.227. The summed E-state index contributed by atoms with van der Waals surface area (Å²) in [5.74, 6) is 2.97. The Bertz CT molecular complexity index is 1140. The Labute approximate surface area is 218 Å². The summed E-state index contributed by atoms with van der Waals surface area (Å²) in [4.78, 5) is 18.6. The molecular weight excluding hydrogens is 472 g/mol. The highest BCUT2D eigenvalue weighted by molar-refractivity contribution is 5.89. The molecule has 3 N–H and O–H groups in total. The van der Waals surface area contributed by atoms with E-state index in [0.29, 0.717) is 66.4 Å². The van der Waals surface area contributed by atoms with E-state index in [9.17, 15) is 4.79 Å². The van der Waals surface area contributed by atoms with Crippen LogP contribution in [-0.2, 0) is 0 Å². The number of carbonyl (C=O) groups excluding carboxylic acids is 1. The predicted octanol–water partition coefficient (Wildman–Crippen LogP) is 4.90. The number of likely N-dealkylation sites (N-methyl/N-ethyl adjacent to an activating group) is 1. The average Bonchev–Trinajstić information content (AvgIpc) is 2.88. The van der Waals surface area contributed by atoms with E-state index in [1.54, 1.807) is 43.6 Å². The van der Waals surface area contributed by atoms with Crippen LogP contribution in [0.2, 0.25) is 0 Å². The first-order chi connectivity index (χ1) is 17.9. The third-order valence-corrected chi connectivity index (χ3v) is 5.86. The molecule has 1 aromatic heterocycles. The Kier molecular flexibility index (Phi) is 10.8. The normalized spacial score (nSPS) is 11.1. The summed E-state index contributed by atoms with van der Waals surface area (Å²) < 4.78 is 17.7. The number of aliphatic hydroxyl groups is 1. The van der Waals surface area contributed by atoms with Crippen LogP contribution in [0.4, 0.5) is 10.5 Å². The number of hydrogen-bond acceptors (Lipinski definition) is 7. The summed E-state index contributed by atoms with van der Waals surface area (Å²) in [6.07, 6.45) is 2.62. The Morgan fingerprint density at radius 1 is 1.08 bits per heavy atom. The van der Waals surface area contributed by atoms with E-state index < -0.39 is 0 Å². The number of fused-ring (bicyclic) bond motifs is 1. The smallest absolute Gasteiger partial charge is 0.319 e. The quantitative estimate of drug-likeness (QED) is 0.283. The molecule has 200 valence electrons. The number of aliphatic hydroxyl groups excluding tert-OH is 1. The van der Waals surface area contributed by atoms with Crippen LogP contribution in [0.1, 0.15) is 27.2 Å². The van der Waals surface area contributed by atoms with Gasteiger partial charge in [0.25, 0.3) is 0 Å². The number of methoxy groups -OCH3 is 1. The fourth-order valence-electron chi connectivity index (χ4n) is 3.73. The number of carbonyl (C=O) groups is 1. The summed E-state index contributed by atoms with van der Waals surface area (Å²) in [6, 6.07) is 12.5. The highest BCUT2D eigenvalue weighted by atomic mass is 16.5. The standard InChI is InChI=1S/C28H38N4O5/c1-5-32(14-16-33)15-17-36-27-19-24-23(18-26(27)35-4)25(11-13-29-24)37-22-8-6-21(7-9-22)31-28(34)30-12-10-20(2)3/h6-9,11,13,18-20,33H,5,10,12,14-17H2,1-4H3,(H2,30,31,34). The van der Waals surface area contributed by atoms with Gasteiger partial charge in [0.1, 0.15) is 18.1 Å². The number of aromatic nitrogens is 1. The highest BCUT2D eigenvalue weighted by Crippen LogP contribution is 2.37. The monoisotopic (exact) mass is 510 g/mol. The number of pyridine rings is 1. The maximum Gasteiger partial charge on any atom is 0.319 e. The molecule has 3 aromatic rings. The number of anilines is 1. The number of nitrogens with one attached hydrogen (secondary N) is 2. The van der Waals surface area contributed by atoms with Crippen molar-refractivity contribution >= 4 is 22.6 Å². The lowest BCUT2D eigenvalue weighted by Crippen LogP contribution is -2.30. The summed E-state index contributed by atoms with van der Waals surface area (Å²) in [5, 5.41) is 15.6. The molecule has 0 spiro atoms. The fraction of sp³-hybridized carbons (Fsp3) is 0.429. The molecule has 9 nitrogen and oxygen atoms in total. The minimum absolute atomic E-state index is 0.118. The lowest BCUT2D eigenvalue weighted by molar-refractivity contribution is 0.172. The Morgan fingerprint density at radius 3 is 2.54 bits per heavy atom. The van der Waals surface area contributed by atoms with Crippen molar-refractivity contribution in [2.45, 2.75) is 27.2 Å². The molecule has 2 amide bonds. The zero-order valence-electron chi connectivity index (χ0n) is 22.1. The van der Waals surface area contributed by atoms with E-state index in [4.69, 9.17) is 19.3 Å². The first-order valence-corrected chi connectivity index (χ1v) is 12.7. The van der Waals surface area contributed by atoms with Gasteiger partial charge < -0.3 is 30.0 Å². The minimum Gasteiger partial charge on any atom is -0.493 e. The van der Waals surface area contributed by atoms with E-state index in [1.807, 2.05) is 19.1 Å². The summed E-state index contributed by atoms with van der Waals surface area (Å²) in [6.45, 7) is 9.65. The Hall–Kier alpha value is -3.56. The van der Waals surface area contributed by atoms with Crippen LogP contribution >= 0.6 is 0 Å². The molecule has 0 fully saturated rings. The Morgan fingerprint density at radius 2 is 1.86 bits per heavy atom. The Balaban J connectivity index is 1.67. The number of urea groups is 1. The maximum atomic E-state index is 12.1. The maximum absolute atomic E-state index is 12.1. The average molecular weight is 511 g/mol. The zero-order valence-corrected chi connectivity index (χ0v) is 22.1. The molecule has 9 heteroatoms. The van der Waals surface area contributed by atoms with Crippen LogP contribution in [0.5, 0.6) is 23.0 Å². The zero-order chi connectivity index (χ0) is 26.6. The number of ether oxygens (including phenoxy) is 3. The molecule has 1 heterocycles. The topological polar surface area (TPSA) is 105 Å². The first-order valence-electron chi connectivity index (χ1n) is 12.7. The molecule has 0 aliphatic rings. The SMILES string of the molecule is CCN(CCO)CCOc1cc2nccc(Oc3ccc(NC(=O)NCCC(C)C)cc3)c2cc1OC. The molecule has 0 bridgehead atoms. The van der Waals surface area contributed by atoms with Gasteiger partial charge in [-0.2, -0.15) is 0 Å². The van der Waals surface area contributed by atoms with Gasteiger partial charge in [0.05, 0.1) is 19.2 Å². The first kappa shape index (κ1) is 28.0. The van der Waals surface area contributed by atoms with E-state index in [0.717, 1.165) is 18.4 Å². The van der Waals surface area contributed by atoms with Crippen LogP contribution in [0.25, 0.3) is 10.9 Å². The van der Waals surface area contributed by atoms with Gasteiger partial charge in [-0.1, -0.05) is 20.8 Å². The molecule has 0 aliphatic heterocycles. The van der Waals surface area contributed by atoms with Gasteiger partial charge in [-0.25, -0.2) is 4.79 Å². The van der Waals surface area contributed by atoms with E-state index in [-0.39, 0.29) is 12.6 Å². The summed E-state index contributed by atoms with van der Waals surface area (Å²) in [7, 11) is 1.60. The second-order valence-corrected chi connectivity index (χ2v) is 9.03. The van der Waals surface area contributed by atoms with Crippen LogP contribution in [0.3, 0.4) is 0 Å². The van der Waals surface area contributed by atoms with E-state index in [2.05, 4.69) is 34.4 Å². The number of amides is 2. The van der Waals surface area contributed by atoms with Crippen molar-refractivity contribution in [1.82, 2.24) is 15.2 Å². The molecular formula is C28H38N4O5. The lowest BCUT2D eigenvalue weighted by atomic mass is 10.1. The van der Waals surface area contributed by atoms with Crippen LogP contribution < -0.4 is 24.8 Å². The van der Waals surface area contributed by atoms with Crippen LogP contribution in [0.15, 0.2) is 48.7 Å². The fourth-order valence-corrected chi connectivity index (χ4v) is 3.73. The van der Waals surface area contributed by atoms with Crippen LogP contribution in [-0.4, -0.2) is 67.5 Å². The molecule has 0 aliphatic carbocycles. The summed E-state index contributed by atoms with van der Waals surface area (Å²) >= 11 is 0. The van der Waals surface area contributed by atoms with Crippen molar-refractivity contribution in [1.29, 1.82) is 0 Å². The molecule has 0 radical (unpaired) electrons. The van der Waals surface area contributed by atoms with E-state index in [1.165, 1.54) is 0 Å². The number of benzene rings is 2. The van der Waals surface area contributed by atoms with Crippen LogP contribution in [0, 0.1) is 5.92 Å². The number of hydrogen-bond donors (Lipinski definition) is 3. The van der Waals surface area contributed by atoms with Gasteiger partial charge in [-0.3, -0.25) is 9.88 Å². The lowest BCUT2D eigenvalue weighted by Gasteiger charge is -2.20. The van der Waals surface area contributed by atoms with Gasteiger partial charge in [-0.05, 0) is 55.3 Å². The second kappa shape index (κ2) is 14.2. The third-order valence-electron chi connectivity index (χ3n) is 5.86. The van der Waals surface area contributed by atoms with Gasteiger partial charge in [0, 0.05) is 43.0 Å². The number of rotatable bonds is 14. The van der Waals surface area contributed by atoms with Crippen molar-refractivity contribution in [2.24, 2.45) is 5.92 Å². The predicted molar refractivity (Wildman–Crippen MR) is 146 cm³/mol. The van der Waals surface area contributed by atoms with Gasteiger partial charge in [0.15, 0.2) is 11.5 Å². The van der Waals surface area contributed by atoms with Gasteiger partial charge >= 0.3 is 6.03 Å². The second-order valence-electron chi connectivity index (χ2n) is 9.03.